The maximum absolute atomic E-state index is 11.8. The van der Waals surface area contributed by atoms with Crippen LogP contribution in [-0.2, 0) is 4.74 Å². The maximum Gasteiger partial charge on any atom is 0.348 e. The summed E-state index contributed by atoms with van der Waals surface area (Å²) in [4.78, 5) is 23.9. The van der Waals surface area contributed by atoms with Crippen LogP contribution in [0.4, 0.5) is 0 Å². The van der Waals surface area contributed by atoms with Gasteiger partial charge in [0.25, 0.3) is 5.91 Å². The maximum atomic E-state index is 11.8. The Morgan fingerprint density at radius 3 is 2.22 bits per heavy atom. The zero-order chi connectivity index (χ0) is 13.5. The number of hydrogen-bond acceptors (Lipinski definition) is 5. The van der Waals surface area contributed by atoms with Gasteiger partial charge in [-0.25, -0.2) is 4.79 Å². The minimum Gasteiger partial charge on any atom is -0.456 e. The van der Waals surface area contributed by atoms with Gasteiger partial charge in [0.15, 0.2) is 0 Å². The van der Waals surface area contributed by atoms with Gasteiger partial charge in [-0.2, -0.15) is 0 Å². The van der Waals surface area contributed by atoms with Gasteiger partial charge in [-0.1, -0.05) is 0 Å². The fourth-order valence-electron chi connectivity index (χ4n) is 1.39. The number of carbonyl (C=O) groups excluding carboxylic acids is 2. The first-order valence-corrected chi connectivity index (χ1v) is 6.96. The molecule has 2 aromatic rings. The molecule has 0 saturated carbocycles. The Morgan fingerprint density at radius 1 is 1.17 bits per heavy atom. The van der Waals surface area contributed by atoms with Crippen LogP contribution < -0.4 is 5.73 Å². The molecular weight excluding hydrogens is 270 g/mol. The average Bonchev–Trinajstić information content (AvgIpc) is 2.69. The SMILES string of the molecule is CC(C)(C)OC(=O)c1cc2cc(C(N)=O)sc2s1. The monoisotopic (exact) mass is 283 g/mol. The van der Waals surface area contributed by atoms with E-state index in [2.05, 4.69) is 0 Å². The number of primary amides is 1. The fraction of sp³-hybridized carbons (Fsp3) is 0.333. The zero-order valence-corrected chi connectivity index (χ0v) is 11.9. The minimum atomic E-state index is -0.507. The molecule has 0 radical (unpaired) electrons. The van der Waals surface area contributed by atoms with Gasteiger partial charge in [0.2, 0.25) is 0 Å². The highest BCUT2D eigenvalue weighted by Gasteiger charge is 2.20. The zero-order valence-electron chi connectivity index (χ0n) is 10.3. The predicted octanol–water partition coefficient (Wildman–Crippen LogP) is 3.02. The van der Waals surface area contributed by atoms with Crippen molar-refractivity contribution in [2.24, 2.45) is 5.73 Å². The lowest BCUT2D eigenvalue weighted by Gasteiger charge is -2.18. The summed E-state index contributed by atoms with van der Waals surface area (Å²) in [7, 11) is 0. The quantitative estimate of drug-likeness (QED) is 0.861. The molecule has 0 aliphatic carbocycles. The first-order chi connectivity index (χ1) is 8.26. The number of esters is 1. The van der Waals surface area contributed by atoms with Gasteiger partial charge >= 0.3 is 5.97 Å². The number of hydrogen-bond donors (Lipinski definition) is 1. The topological polar surface area (TPSA) is 69.4 Å². The van der Waals surface area contributed by atoms with E-state index < -0.39 is 11.5 Å². The molecule has 18 heavy (non-hydrogen) atoms. The van der Waals surface area contributed by atoms with E-state index in [0.717, 1.165) is 9.40 Å². The molecule has 0 fully saturated rings. The molecule has 1 amide bonds. The van der Waals surface area contributed by atoms with E-state index in [9.17, 15) is 9.59 Å². The van der Waals surface area contributed by atoms with E-state index in [1.165, 1.54) is 22.7 Å². The number of fused-ring (bicyclic) bond motifs is 1. The van der Waals surface area contributed by atoms with Crippen LogP contribution in [-0.4, -0.2) is 17.5 Å². The van der Waals surface area contributed by atoms with Gasteiger partial charge in [-0.3, -0.25) is 4.79 Å². The molecule has 2 aromatic heterocycles. The van der Waals surface area contributed by atoms with E-state index in [-0.39, 0.29) is 5.97 Å². The largest absolute Gasteiger partial charge is 0.456 e. The first-order valence-electron chi connectivity index (χ1n) is 5.33. The van der Waals surface area contributed by atoms with Gasteiger partial charge in [0.1, 0.15) is 10.5 Å². The van der Waals surface area contributed by atoms with Crippen molar-refractivity contribution in [3.63, 3.8) is 0 Å². The van der Waals surface area contributed by atoms with E-state index in [4.69, 9.17) is 10.5 Å². The lowest BCUT2D eigenvalue weighted by atomic mass is 10.2. The van der Waals surface area contributed by atoms with Crippen molar-refractivity contribution in [3.8, 4) is 0 Å². The fourth-order valence-corrected chi connectivity index (χ4v) is 3.56. The Morgan fingerprint density at radius 2 is 1.72 bits per heavy atom. The number of ether oxygens (including phenoxy) is 1. The standard InChI is InChI=1S/C12H13NO3S2/c1-12(2,3)16-10(15)8-5-6-4-7(9(13)14)17-11(6)18-8/h4-5H,1-3H3,(H2,13,14). The number of nitrogens with two attached hydrogens (primary N) is 1. The van der Waals surface area contributed by atoms with Gasteiger partial charge in [0.05, 0.1) is 8.89 Å². The van der Waals surface area contributed by atoms with Crippen molar-refractivity contribution in [3.05, 3.63) is 21.9 Å². The molecule has 6 heteroatoms. The predicted molar refractivity (Wildman–Crippen MR) is 73.4 cm³/mol. The van der Waals surface area contributed by atoms with Crippen LogP contribution in [0.25, 0.3) is 9.40 Å². The van der Waals surface area contributed by atoms with Crippen LogP contribution >= 0.6 is 22.7 Å². The first kappa shape index (κ1) is 13.0. The molecule has 0 spiro atoms. The second kappa shape index (κ2) is 4.37. The van der Waals surface area contributed by atoms with Crippen molar-refractivity contribution >= 4 is 43.9 Å². The molecule has 0 aliphatic heterocycles. The Kier molecular flexibility index (Phi) is 3.16. The Hall–Kier alpha value is -1.40. The molecule has 2 rings (SSSR count). The second-order valence-corrected chi connectivity index (χ2v) is 7.19. The average molecular weight is 283 g/mol. The van der Waals surface area contributed by atoms with Crippen molar-refractivity contribution in [1.82, 2.24) is 0 Å². The van der Waals surface area contributed by atoms with Crippen LogP contribution in [0.1, 0.15) is 40.1 Å². The van der Waals surface area contributed by atoms with Crippen LogP contribution in [0, 0.1) is 0 Å². The van der Waals surface area contributed by atoms with Gasteiger partial charge in [-0.05, 0) is 32.9 Å². The van der Waals surface area contributed by atoms with Crippen LogP contribution in [0.15, 0.2) is 12.1 Å². The summed E-state index contributed by atoms with van der Waals surface area (Å²) >= 11 is 2.62. The summed E-state index contributed by atoms with van der Waals surface area (Å²) in [5.74, 6) is -0.779. The molecule has 0 aliphatic rings. The highest BCUT2D eigenvalue weighted by molar-refractivity contribution is 7.39. The lowest BCUT2D eigenvalue weighted by Crippen LogP contribution is -2.23. The molecule has 2 N–H and O–H groups in total. The molecule has 4 nitrogen and oxygen atoms in total. The Balaban J connectivity index is 2.28. The molecule has 0 saturated heterocycles. The number of carbonyl (C=O) groups is 2. The number of rotatable bonds is 2. The van der Waals surface area contributed by atoms with Crippen molar-refractivity contribution < 1.29 is 14.3 Å². The van der Waals surface area contributed by atoms with Crippen LogP contribution in [0.5, 0.6) is 0 Å². The van der Waals surface area contributed by atoms with Crippen LogP contribution in [0.3, 0.4) is 0 Å². The van der Waals surface area contributed by atoms with Gasteiger partial charge in [-0.15, -0.1) is 22.7 Å². The number of thiophene rings is 2. The summed E-state index contributed by atoms with van der Waals surface area (Å²) in [6.07, 6.45) is 0. The second-order valence-electron chi connectivity index (χ2n) is 4.83. The molecule has 0 unspecified atom stereocenters. The van der Waals surface area contributed by atoms with Crippen molar-refractivity contribution in [2.45, 2.75) is 26.4 Å². The minimum absolute atomic E-state index is 0.337. The summed E-state index contributed by atoms with van der Waals surface area (Å²) in [6, 6.07) is 3.43. The highest BCUT2D eigenvalue weighted by atomic mass is 32.2. The van der Waals surface area contributed by atoms with E-state index in [1.54, 1.807) is 12.1 Å². The molecule has 2 heterocycles. The van der Waals surface area contributed by atoms with Crippen molar-refractivity contribution in [2.75, 3.05) is 0 Å². The third-order valence-corrected chi connectivity index (χ3v) is 4.44. The van der Waals surface area contributed by atoms with Crippen LogP contribution in [0.2, 0.25) is 0 Å². The Bertz CT molecular complexity index is 587. The van der Waals surface area contributed by atoms with Gasteiger partial charge in [0, 0.05) is 5.39 Å². The highest BCUT2D eigenvalue weighted by Crippen LogP contribution is 2.34. The molecular formula is C12H13NO3S2. The summed E-state index contributed by atoms with van der Waals surface area (Å²) in [5.41, 5.74) is 4.70. The summed E-state index contributed by atoms with van der Waals surface area (Å²) < 4.78 is 6.19. The Labute approximate surface area is 112 Å². The van der Waals surface area contributed by atoms with E-state index in [0.29, 0.717) is 9.75 Å². The third kappa shape index (κ3) is 2.70. The van der Waals surface area contributed by atoms with E-state index in [1.807, 2.05) is 20.8 Å². The normalized spacial score (nSPS) is 11.7. The van der Waals surface area contributed by atoms with Gasteiger partial charge < -0.3 is 10.5 Å². The smallest absolute Gasteiger partial charge is 0.348 e. The number of amides is 1. The molecule has 0 bridgehead atoms. The third-order valence-electron chi connectivity index (χ3n) is 2.06. The molecule has 96 valence electrons. The summed E-state index contributed by atoms with van der Waals surface area (Å²) in [5, 5.41) is 0.861. The molecule has 0 aromatic carbocycles. The summed E-state index contributed by atoms with van der Waals surface area (Å²) in [6.45, 7) is 5.48. The van der Waals surface area contributed by atoms with E-state index >= 15 is 0 Å². The van der Waals surface area contributed by atoms with Crippen molar-refractivity contribution in [1.29, 1.82) is 0 Å². The molecule has 0 atom stereocenters. The lowest BCUT2D eigenvalue weighted by molar-refractivity contribution is 0.00752.